The quantitative estimate of drug-likeness (QED) is 0.818. The summed E-state index contributed by atoms with van der Waals surface area (Å²) in [5.41, 5.74) is 2.43. The summed E-state index contributed by atoms with van der Waals surface area (Å²) in [6, 6.07) is 8.48. The van der Waals surface area contributed by atoms with Crippen LogP contribution in [0, 0.1) is 12.8 Å². The zero-order valence-electron chi connectivity index (χ0n) is 15.5. The van der Waals surface area contributed by atoms with Crippen LogP contribution in [0.5, 0.6) is 0 Å². The lowest BCUT2D eigenvalue weighted by Gasteiger charge is -2.21. The fraction of sp³-hybridized carbons (Fsp3) is 0.600. The van der Waals surface area contributed by atoms with Gasteiger partial charge >= 0.3 is 0 Å². The van der Waals surface area contributed by atoms with Crippen LogP contribution in [0.4, 0.5) is 0 Å². The van der Waals surface area contributed by atoms with E-state index in [1.54, 1.807) is 0 Å². The molecule has 1 saturated heterocycles. The number of likely N-dealkylation sites (tertiary alicyclic amines) is 1. The van der Waals surface area contributed by atoms with Crippen LogP contribution in [0.15, 0.2) is 24.3 Å². The molecule has 136 valence electrons. The van der Waals surface area contributed by atoms with Gasteiger partial charge in [0, 0.05) is 31.6 Å². The molecule has 5 heteroatoms. The van der Waals surface area contributed by atoms with E-state index in [2.05, 4.69) is 41.4 Å². The molecule has 1 aliphatic carbocycles. The Morgan fingerprint density at radius 2 is 2.12 bits per heavy atom. The number of hydrogen-bond acceptors (Lipinski definition) is 3. The summed E-state index contributed by atoms with van der Waals surface area (Å²) in [6.45, 7) is 4.18. The lowest BCUT2D eigenvalue weighted by Crippen LogP contribution is -2.43. The fourth-order valence-corrected chi connectivity index (χ4v) is 3.56. The summed E-state index contributed by atoms with van der Waals surface area (Å²) in [5, 5.41) is 3.26. The molecule has 0 spiro atoms. The number of benzene rings is 1. The minimum atomic E-state index is -0.204. The Balaban J connectivity index is 1.54. The van der Waals surface area contributed by atoms with Gasteiger partial charge < -0.3 is 15.1 Å². The highest BCUT2D eigenvalue weighted by molar-refractivity contribution is 5.89. The highest BCUT2D eigenvalue weighted by atomic mass is 16.2. The van der Waals surface area contributed by atoms with Gasteiger partial charge in [0.15, 0.2) is 0 Å². The van der Waals surface area contributed by atoms with Crippen LogP contribution < -0.4 is 5.32 Å². The van der Waals surface area contributed by atoms with Crippen molar-refractivity contribution in [3.05, 3.63) is 35.4 Å². The normalized spacial score (nSPS) is 21.7. The van der Waals surface area contributed by atoms with E-state index >= 15 is 0 Å². The summed E-state index contributed by atoms with van der Waals surface area (Å²) in [5.74, 6) is -0.0546. The van der Waals surface area contributed by atoms with Crippen LogP contribution in [0.25, 0.3) is 0 Å². The average molecular weight is 343 g/mol. The summed E-state index contributed by atoms with van der Waals surface area (Å²) in [4.78, 5) is 28.7. The SMILES string of the molecule is Cc1cccc(CC2(NC(=O)[C@H]3CC(=O)N(CCN(C)C)C3)CC2)c1. The van der Waals surface area contributed by atoms with Crippen molar-refractivity contribution in [1.82, 2.24) is 15.1 Å². The standard InChI is InChI=1S/C20H29N3O2/c1-15-5-4-6-16(11-15)13-20(7-8-20)21-19(25)17-12-18(24)23(14-17)10-9-22(2)3/h4-6,11,17H,7-10,12-14H2,1-3H3,(H,21,25)/t17-/m0/s1. The predicted molar refractivity (Wildman–Crippen MR) is 98.2 cm³/mol. The Labute approximate surface area is 150 Å². The third-order valence-corrected chi connectivity index (χ3v) is 5.27. The Kier molecular flexibility index (Phi) is 5.13. The molecule has 1 heterocycles. The molecule has 1 N–H and O–H groups in total. The molecule has 1 saturated carbocycles. The molecule has 0 bridgehead atoms. The molecule has 1 aromatic rings. The molecule has 0 unspecified atom stereocenters. The third kappa shape index (κ3) is 4.60. The summed E-state index contributed by atoms with van der Waals surface area (Å²) in [7, 11) is 3.99. The van der Waals surface area contributed by atoms with Crippen molar-refractivity contribution in [2.24, 2.45) is 5.92 Å². The van der Waals surface area contributed by atoms with Crippen molar-refractivity contribution < 1.29 is 9.59 Å². The highest BCUT2D eigenvalue weighted by Gasteiger charge is 2.46. The molecular formula is C20H29N3O2. The van der Waals surface area contributed by atoms with Crippen LogP contribution in [0.3, 0.4) is 0 Å². The maximum atomic E-state index is 12.7. The van der Waals surface area contributed by atoms with E-state index < -0.39 is 0 Å². The largest absolute Gasteiger partial charge is 0.350 e. The van der Waals surface area contributed by atoms with Gasteiger partial charge in [-0.05, 0) is 45.8 Å². The summed E-state index contributed by atoms with van der Waals surface area (Å²) in [6.07, 6.45) is 3.28. The smallest absolute Gasteiger partial charge is 0.225 e. The molecular weight excluding hydrogens is 314 g/mol. The van der Waals surface area contributed by atoms with Gasteiger partial charge in [0.2, 0.25) is 11.8 Å². The van der Waals surface area contributed by atoms with Crippen molar-refractivity contribution >= 4 is 11.8 Å². The molecule has 1 aromatic carbocycles. The Hall–Kier alpha value is -1.88. The zero-order chi connectivity index (χ0) is 18.0. The number of carbonyl (C=O) groups is 2. The first-order valence-electron chi connectivity index (χ1n) is 9.17. The predicted octanol–water partition coefficient (Wildman–Crippen LogP) is 1.60. The van der Waals surface area contributed by atoms with Gasteiger partial charge in [-0.25, -0.2) is 0 Å². The Bertz CT molecular complexity index is 652. The summed E-state index contributed by atoms with van der Waals surface area (Å²) >= 11 is 0. The van der Waals surface area contributed by atoms with Gasteiger partial charge in [-0.3, -0.25) is 9.59 Å². The maximum Gasteiger partial charge on any atom is 0.225 e. The van der Waals surface area contributed by atoms with Crippen molar-refractivity contribution in [3.8, 4) is 0 Å². The van der Waals surface area contributed by atoms with Crippen molar-refractivity contribution in [2.45, 2.75) is 38.1 Å². The molecule has 0 aromatic heterocycles. The van der Waals surface area contributed by atoms with E-state index in [4.69, 9.17) is 0 Å². The number of rotatable bonds is 7. The molecule has 25 heavy (non-hydrogen) atoms. The molecule has 5 nitrogen and oxygen atoms in total. The van der Waals surface area contributed by atoms with E-state index in [-0.39, 0.29) is 23.3 Å². The first kappa shape index (κ1) is 17.9. The minimum absolute atomic E-state index is 0.0471. The number of amides is 2. The van der Waals surface area contributed by atoms with Crippen LogP contribution in [0.2, 0.25) is 0 Å². The average Bonchev–Trinajstić information content (AvgIpc) is 3.17. The second kappa shape index (κ2) is 7.16. The van der Waals surface area contributed by atoms with E-state index in [9.17, 15) is 9.59 Å². The van der Waals surface area contributed by atoms with Crippen LogP contribution >= 0.6 is 0 Å². The first-order chi connectivity index (χ1) is 11.9. The number of carbonyl (C=O) groups excluding carboxylic acids is 2. The number of aryl methyl sites for hydroxylation is 1. The minimum Gasteiger partial charge on any atom is -0.350 e. The van der Waals surface area contributed by atoms with Gasteiger partial charge in [0.05, 0.1) is 5.92 Å². The van der Waals surface area contributed by atoms with Gasteiger partial charge in [0.1, 0.15) is 0 Å². The molecule has 2 fully saturated rings. The molecule has 2 amide bonds. The van der Waals surface area contributed by atoms with Gasteiger partial charge in [-0.15, -0.1) is 0 Å². The molecule has 2 aliphatic rings. The van der Waals surface area contributed by atoms with Gasteiger partial charge in [-0.2, -0.15) is 0 Å². The molecule has 3 rings (SSSR count). The van der Waals surface area contributed by atoms with Crippen LogP contribution in [0.1, 0.15) is 30.4 Å². The zero-order valence-corrected chi connectivity index (χ0v) is 15.5. The number of nitrogens with one attached hydrogen (secondary N) is 1. The van der Waals surface area contributed by atoms with Crippen LogP contribution in [-0.4, -0.2) is 60.9 Å². The second-order valence-electron chi connectivity index (χ2n) is 7.98. The van der Waals surface area contributed by atoms with Crippen molar-refractivity contribution in [2.75, 3.05) is 33.7 Å². The van der Waals surface area contributed by atoms with E-state index in [0.717, 1.165) is 25.8 Å². The van der Waals surface area contributed by atoms with E-state index in [1.165, 1.54) is 11.1 Å². The lowest BCUT2D eigenvalue weighted by atomic mass is 10.0. The Morgan fingerprint density at radius 3 is 2.76 bits per heavy atom. The van der Waals surface area contributed by atoms with Gasteiger partial charge in [0.25, 0.3) is 0 Å². The van der Waals surface area contributed by atoms with E-state index in [0.29, 0.717) is 19.5 Å². The van der Waals surface area contributed by atoms with Crippen molar-refractivity contribution in [3.63, 3.8) is 0 Å². The molecule has 1 atom stereocenters. The fourth-order valence-electron chi connectivity index (χ4n) is 3.56. The first-order valence-corrected chi connectivity index (χ1v) is 9.17. The van der Waals surface area contributed by atoms with E-state index in [1.807, 2.05) is 19.0 Å². The second-order valence-corrected chi connectivity index (χ2v) is 7.98. The summed E-state index contributed by atoms with van der Waals surface area (Å²) < 4.78 is 0. The monoisotopic (exact) mass is 343 g/mol. The Morgan fingerprint density at radius 1 is 1.36 bits per heavy atom. The van der Waals surface area contributed by atoms with Crippen LogP contribution in [-0.2, 0) is 16.0 Å². The number of nitrogens with zero attached hydrogens (tertiary/aromatic N) is 2. The number of likely N-dealkylation sites (N-methyl/N-ethyl adjacent to an activating group) is 1. The molecule has 1 aliphatic heterocycles. The van der Waals surface area contributed by atoms with Crippen molar-refractivity contribution in [1.29, 1.82) is 0 Å². The topological polar surface area (TPSA) is 52.7 Å². The van der Waals surface area contributed by atoms with Gasteiger partial charge in [-0.1, -0.05) is 29.8 Å². The maximum absolute atomic E-state index is 12.7. The molecule has 0 radical (unpaired) electrons. The lowest BCUT2D eigenvalue weighted by molar-refractivity contribution is -0.129. The number of hydrogen-bond donors (Lipinski definition) is 1. The third-order valence-electron chi connectivity index (χ3n) is 5.27. The highest BCUT2D eigenvalue weighted by Crippen LogP contribution is 2.39.